The van der Waals surface area contributed by atoms with Crippen LogP contribution in [0.5, 0.6) is 0 Å². The minimum absolute atomic E-state index is 0.263. The Morgan fingerprint density at radius 1 is 1.30 bits per heavy atom. The Morgan fingerprint density at radius 2 is 1.96 bits per heavy atom. The normalized spacial score (nSPS) is 25.9. The maximum absolute atomic E-state index is 13.0. The van der Waals surface area contributed by atoms with Crippen LogP contribution in [0.15, 0.2) is 28.6 Å². The molecule has 2 aliphatic heterocycles. The molecule has 3 heterocycles. The van der Waals surface area contributed by atoms with Gasteiger partial charge in [-0.15, -0.1) is 11.3 Å². The molecule has 1 aromatic heterocycles. The lowest BCUT2D eigenvalue weighted by Gasteiger charge is -2.35. The molecule has 2 saturated heterocycles. The van der Waals surface area contributed by atoms with E-state index in [1.54, 1.807) is 25.8 Å². The molecule has 3 atom stereocenters. The Kier molecular flexibility index (Phi) is 5.22. The fraction of sp³-hybridized carbons (Fsp3) is 0.500. The largest absolute Gasteiger partial charge is 0.443 e. The summed E-state index contributed by atoms with van der Waals surface area (Å²) in [7, 11) is 1.45. The topological polar surface area (TPSA) is 70.2 Å². The molecule has 0 saturated carbocycles. The van der Waals surface area contributed by atoms with Crippen LogP contribution in [0.4, 0.5) is 4.79 Å². The quantitative estimate of drug-likeness (QED) is 0.654. The lowest BCUT2D eigenvalue weighted by atomic mass is 9.94. The third-order valence-electron chi connectivity index (χ3n) is 4.49. The van der Waals surface area contributed by atoms with E-state index in [2.05, 4.69) is 22.5 Å². The first-order valence-electron chi connectivity index (χ1n) is 8.50. The van der Waals surface area contributed by atoms with E-state index >= 15 is 0 Å². The van der Waals surface area contributed by atoms with Crippen molar-refractivity contribution in [1.29, 1.82) is 0 Å². The smallest absolute Gasteiger partial charge is 0.425 e. The van der Waals surface area contributed by atoms with Gasteiger partial charge >= 0.3 is 6.09 Å². The predicted octanol–water partition coefficient (Wildman–Crippen LogP) is 3.15. The second-order valence-corrected chi connectivity index (χ2v) is 9.71. The van der Waals surface area contributed by atoms with E-state index in [9.17, 15) is 14.4 Å². The number of likely N-dealkylation sites (tertiary alicyclic amines) is 1. The molecule has 0 N–H and O–H groups in total. The number of hydrogen-bond donors (Lipinski definition) is 0. The van der Waals surface area contributed by atoms with Crippen molar-refractivity contribution in [3.05, 3.63) is 33.5 Å². The van der Waals surface area contributed by atoms with Gasteiger partial charge in [-0.25, -0.2) is 14.8 Å². The molecule has 1 aromatic rings. The van der Waals surface area contributed by atoms with Crippen LogP contribution in [-0.4, -0.2) is 58.1 Å². The number of fused-ring (bicyclic) bond motifs is 1. The molecule has 9 heteroatoms. The fourth-order valence-electron chi connectivity index (χ4n) is 3.52. The summed E-state index contributed by atoms with van der Waals surface area (Å²) in [6.07, 6.45) is -0.651. The average molecular weight is 456 g/mol. The van der Waals surface area contributed by atoms with Crippen molar-refractivity contribution in [3.63, 3.8) is 0 Å². The molecular formula is C18H22BrN3O4S. The summed E-state index contributed by atoms with van der Waals surface area (Å²) in [5.41, 5.74) is -0.734. The summed E-state index contributed by atoms with van der Waals surface area (Å²) < 4.78 is 6.18. The van der Waals surface area contributed by atoms with Crippen molar-refractivity contribution in [3.8, 4) is 0 Å². The zero-order valence-electron chi connectivity index (χ0n) is 15.6. The van der Waals surface area contributed by atoms with Gasteiger partial charge in [-0.1, -0.05) is 28.6 Å². The number of carbonyl (C=O) groups excluding carboxylic acids is 3. The number of hydrazine groups is 1. The Morgan fingerprint density at radius 3 is 2.48 bits per heavy atom. The highest BCUT2D eigenvalue weighted by Crippen LogP contribution is 2.47. The van der Waals surface area contributed by atoms with Crippen LogP contribution in [-0.2, 0) is 14.3 Å². The molecule has 0 aromatic carbocycles. The third-order valence-corrected chi connectivity index (χ3v) is 5.68. The van der Waals surface area contributed by atoms with Crippen LogP contribution in [0, 0.1) is 5.92 Å². The van der Waals surface area contributed by atoms with Crippen LogP contribution < -0.4 is 0 Å². The van der Waals surface area contributed by atoms with Crippen molar-refractivity contribution in [2.24, 2.45) is 5.92 Å². The molecule has 27 heavy (non-hydrogen) atoms. The van der Waals surface area contributed by atoms with Gasteiger partial charge < -0.3 is 4.74 Å². The molecule has 2 aliphatic rings. The van der Waals surface area contributed by atoms with Crippen molar-refractivity contribution in [2.75, 3.05) is 13.6 Å². The van der Waals surface area contributed by atoms with E-state index < -0.39 is 35.6 Å². The highest BCUT2D eigenvalue weighted by molar-refractivity contribution is 9.11. The lowest BCUT2D eigenvalue weighted by molar-refractivity contribution is -0.143. The molecule has 0 unspecified atom stereocenters. The van der Waals surface area contributed by atoms with E-state index in [0.29, 0.717) is 4.48 Å². The van der Waals surface area contributed by atoms with Gasteiger partial charge in [0.2, 0.25) is 5.91 Å². The number of halogens is 1. The Labute approximate surface area is 170 Å². The Hall–Kier alpha value is -1.71. The van der Waals surface area contributed by atoms with E-state index in [4.69, 9.17) is 4.74 Å². The van der Waals surface area contributed by atoms with Crippen LogP contribution in [0.1, 0.15) is 31.7 Å². The predicted molar refractivity (Wildman–Crippen MR) is 105 cm³/mol. The number of amides is 3. The van der Waals surface area contributed by atoms with Gasteiger partial charge in [0.25, 0.3) is 5.91 Å². The molecule has 0 aliphatic carbocycles. The highest BCUT2D eigenvalue weighted by atomic mass is 79.9. The number of imide groups is 1. The SMILES string of the molecule is C=C(Br)CN1[C@@H](c2cccs2)[C@H]2C(=O)N(C)C(=O)[C@H]2N1C(=O)OC(C)(C)C. The summed E-state index contributed by atoms with van der Waals surface area (Å²) in [6.45, 7) is 9.41. The molecule has 0 bridgehead atoms. The summed E-state index contributed by atoms with van der Waals surface area (Å²) >= 11 is 4.83. The Balaban J connectivity index is 2.10. The van der Waals surface area contributed by atoms with Crippen LogP contribution in [0.2, 0.25) is 0 Å². The number of rotatable bonds is 3. The van der Waals surface area contributed by atoms with Crippen LogP contribution in [0.25, 0.3) is 0 Å². The van der Waals surface area contributed by atoms with Gasteiger partial charge in [0.1, 0.15) is 11.6 Å². The van der Waals surface area contributed by atoms with Gasteiger partial charge in [0, 0.05) is 16.4 Å². The van der Waals surface area contributed by atoms with Crippen molar-refractivity contribution >= 4 is 45.2 Å². The molecule has 7 nitrogen and oxygen atoms in total. The minimum atomic E-state index is -0.920. The number of carbonyl (C=O) groups is 3. The van der Waals surface area contributed by atoms with Crippen LogP contribution >= 0.6 is 27.3 Å². The standard InChI is InChI=1S/C18H22BrN3O4S/c1-10(19)9-21-13(11-7-6-8-27-11)12-14(16(24)20(5)15(12)23)22(21)17(25)26-18(2,3)4/h6-8,12-14H,1,9H2,2-5H3/t12-,13+,14+/m1/s1. The highest BCUT2D eigenvalue weighted by Gasteiger charge is 2.63. The number of likely N-dealkylation sites (N-methyl/N-ethyl adjacent to an activating group) is 1. The minimum Gasteiger partial charge on any atom is -0.443 e. The summed E-state index contributed by atoms with van der Waals surface area (Å²) in [5.74, 6) is -1.37. The number of ether oxygens (including phenoxy) is 1. The second kappa shape index (κ2) is 7.03. The third kappa shape index (κ3) is 3.55. The second-order valence-electron chi connectivity index (χ2n) is 7.61. The molecule has 0 radical (unpaired) electrons. The van der Waals surface area contributed by atoms with Gasteiger partial charge in [-0.3, -0.25) is 14.5 Å². The van der Waals surface area contributed by atoms with Crippen molar-refractivity contribution in [2.45, 2.75) is 38.5 Å². The molecule has 146 valence electrons. The van der Waals surface area contributed by atoms with Crippen molar-refractivity contribution in [1.82, 2.24) is 14.9 Å². The van der Waals surface area contributed by atoms with Crippen molar-refractivity contribution < 1.29 is 19.1 Å². The van der Waals surface area contributed by atoms with Gasteiger partial charge in [0.15, 0.2) is 0 Å². The van der Waals surface area contributed by atoms with Gasteiger partial charge in [0.05, 0.1) is 18.5 Å². The molecule has 3 amide bonds. The van der Waals surface area contributed by atoms with E-state index in [1.807, 2.05) is 17.5 Å². The number of nitrogens with zero attached hydrogens (tertiary/aromatic N) is 3. The first-order chi connectivity index (χ1) is 12.5. The Bertz CT molecular complexity index is 789. The first kappa shape index (κ1) is 20.0. The number of thiophene rings is 1. The van der Waals surface area contributed by atoms with Gasteiger partial charge in [-0.2, -0.15) is 0 Å². The lowest BCUT2D eigenvalue weighted by Crippen LogP contribution is -2.51. The zero-order valence-corrected chi connectivity index (χ0v) is 18.0. The summed E-state index contributed by atoms with van der Waals surface area (Å²) in [6, 6.07) is 2.43. The molecule has 2 fully saturated rings. The molecule has 0 spiro atoms. The van der Waals surface area contributed by atoms with E-state index in [0.717, 1.165) is 9.78 Å². The maximum atomic E-state index is 13.0. The number of hydrogen-bond acceptors (Lipinski definition) is 6. The molecular weight excluding hydrogens is 434 g/mol. The average Bonchev–Trinajstić information content (AvgIpc) is 3.20. The summed E-state index contributed by atoms with van der Waals surface area (Å²) in [4.78, 5) is 40.7. The van der Waals surface area contributed by atoms with E-state index in [-0.39, 0.29) is 12.5 Å². The maximum Gasteiger partial charge on any atom is 0.425 e. The first-order valence-corrected chi connectivity index (χ1v) is 10.2. The fourth-order valence-corrected chi connectivity index (χ4v) is 4.66. The van der Waals surface area contributed by atoms with Gasteiger partial charge in [-0.05, 0) is 32.2 Å². The molecule has 3 rings (SSSR count). The van der Waals surface area contributed by atoms with E-state index in [1.165, 1.54) is 23.4 Å². The summed E-state index contributed by atoms with van der Waals surface area (Å²) in [5, 5.41) is 4.93. The zero-order chi connectivity index (χ0) is 20.1. The monoisotopic (exact) mass is 455 g/mol. The van der Waals surface area contributed by atoms with Crippen LogP contribution in [0.3, 0.4) is 0 Å².